The third kappa shape index (κ3) is 3.53. The van der Waals surface area contributed by atoms with Crippen molar-refractivity contribution < 1.29 is 17.9 Å². The van der Waals surface area contributed by atoms with Gasteiger partial charge in [-0.3, -0.25) is 4.79 Å². The normalized spacial score (nSPS) is 20.0. The summed E-state index contributed by atoms with van der Waals surface area (Å²) in [5.74, 6) is 0.283. The molecule has 1 amide bonds. The van der Waals surface area contributed by atoms with Crippen LogP contribution in [0.4, 0.5) is 0 Å². The van der Waals surface area contributed by atoms with Crippen molar-refractivity contribution in [3.63, 3.8) is 0 Å². The maximum atomic E-state index is 12.5. The topological polar surface area (TPSA) is 66.9 Å². The Morgan fingerprint density at radius 1 is 1.36 bits per heavy atom. The molecule has 0 saturated carbocycles. The second-order valence-electron chi connectivity index (χ2n) is 5.32. The molecule has 6 nitrogen and oxygen atoms in total. The fraction of sp³-hybridized carbons (Fsp3) is 0.500. The standard InChI is InChI=1S/C14H19ClN2O4S/c1-10-9-16(6-7-17(10)22(3,19)20)14(18)11-4-5-12(15)13(8-11)21-2/h4-5,8,10H,6-7,9H2,1-3H3/t10-/m0/s1. The third-order valence-electron chi connectivity index (χ3n) is 3.68. The number of halogens is 1. The summed E-state index contributed by atoms with van der Waals surface area (Å²) in [6.45, 7) is 2.82. The molecule has 1 aromatic carbocycles. The van der Waals surface area contributed by atoms with Gasteiger partial charge in [-0.15, -0.1) is 0 Å². The lowest BCUT2D eigenvalue weighted by Gasteiger charge is -2.38. The van der Waals surface area contributed by atoms with Crippen LogP contribution in [0.3, 0.4) is 0 Å². The van der Waals surface area contributed by atoms with Crippen LogP contribution in [-0.2, 0) is 10.0 Å². The Labute approximate surface area is 135 Å². The minimum Gasteiger partial charge on any atom is -0.495 e. The average Bonchev–Trinajstić information content (AvgIpc) is 2.45. The zero-order chi connectivity index (χ0) is 16.5. The van der Waals surface area contributed by atoms with Gasteiger partial charge in [0, 0.05) is 31.2 Å². The van der Waals surface area contributed by atoms with Crippen LogP contribution < -0.4 is 4.74 Å². The molecule has 1 heterocycles. The Morgan fingerprint density at radius 2 is 2.05 bits per heavy atom. The Balaban J connectivity index is 2.15. The zero-order valence-electron chi connectivity index (χ0n) is 12.7. The molecule has 1 atom stereocenters. The number of piperazine rings is 1. The molecule has 0 aliphatic carbocycles. The predicted octanol–water partition coefficient (Wildman–Crippen LogP) is 1.45. The summed E-state index contributed by atoms with van der Waals surface area (Å²) in [6, 6.07) is 4.60. The summed E-state index contributed by atoms with van der Waals surface area (Å²) >= 11 is 5.96. The number of rotatable bonds is 3. The van der Waals surface area contributed by atoms with Crippen molar-refractivity contribution in [2.75, 3.05) is 33.0 Å². The van der Waals surface area contributed by atoms with Crippen molar-refractivity contribution in [2.24, 2.45) is 0 Å². The minimum absolute atomic E-state index is 0.157. The van der Waals surface area contributed by atoms with E-state index in [1.807, 2.05) is 0 Å². The van der Waals surface area contributed by atoms with E-state index in [1.165, 1.54) is 17.7 Å². The molecule has 22 heavy (non-hydrogen) atoms. The van der Waals surface area contributed by atoms with E-state index in [2.05, 4.69) is 0 Å². The first-order valence-corrected chi connectivity index (χ1v) is 9.06. The van der Waals surface area contributed by atoms with Crippen LogP contribution in [-0.4, -0.2) is 62.6 Å². The van der Waals surface area contributed by atoms with Crippen LogP contribution >= 0.6 is 11.6 Å². The lowest BCUT2D eigenvalue weighted by molar-refractivity contribution is 0.0642. The number of ether oxygens (including phenoxy) is 1. The van der Waals surface area contributed by atoms with Gasteiger partial charge < -0.3 is 9.64 Å². The van der Waals surface area contributed by atoms with Crippen LogP contribution in [0.15, 0.2) is 18.2 Å². The van der Waals surface area contributed by atoms with Crippen molar-refractivity contribution in [2.45, 2.75) is 13.0 Å². The number of benzene rings is 1. The summed E-state index contributed by atoms with van der Waals surface area (Å²) < 4.78 is 29.8. The summed E-state index contributed by atoms with van der Waals surface area (Å²) in [5.41, 5.74) is 0.473. The predicted molar refractivity (Wildman–Crippen MR) is 84.9 cm³/mol. The summed E-state index contributed by atoms with van der Waals surface area (Å²) in [4.78, 5) is 14.2. The van der Waals surface area contributed by atoms with E-state index in [9.17, 15) is 13.2 Å². The lowest BCUT2D eigenvalue weighted by Crippen LogP contribution is -2.55. The maximum Gasteiger partial charge on any atom is 0.254 e. The maximum absolute atomic E-state index is 12.5. The van der Waals surface area contributed by atoms with Crippen molar-refractivity contribution in [3.05, 3.63) is 28.8 Å². The third-order valence-corrected chi connectivity index (χ3v) is 5.38. The van der Waals surface area contributed by atoms with Gasteiger partial charge in [-0.1, -0.05) is 11.6 Å². The lowest BCUT2D eigenvalue weighted by atomic mass is 10.1. The van der Waals surface area contributed by atoms with Crippen LogP contribution in [0.5, 0.6) is 5.75 Å². The Kier molecular flexibility index (Phi) is 4.99. The average molecular weight is 347 g/mol. The van der Waals surface area contributed by atoms with Crippen molar-refractivity contribution >= 4 is 27.5 Å². The van der Waals surface area contributed by atoms with E-state index in [0.717, 1.165) is 0 Å². The van der Waals surface area contributed by atoms with Crippen molar-refractivity contribution in [1.29, 1.82) is 0 Å². The first-order valence-electron chi connectivity index (χ1n) is 6.83. The Hall–Kier alpha value is -1.31. The number of nitrogens with zero attached hydrogens (tertiary/aromatic N) is 2. The minimum atomic E-state index is -3.25. The van der Waals surface area contributed by atoms with Crippen LogP contribution in [0.2, 0.25) is 5.02 Å². The molecule has 1 fully saturated rings. The zero-order valence-corrected chi connectivity index (χ0v) is 14.3. The van der Waals surface area contributed by atoms with E-state index < -0.39 is 10.0 Å². The monoisotopic (exact) mass is 346 g/mol. The van der Waals surface area contributed by atoms with E-state index in [-0.39, 0.29) is 11.9 Å². The largest absolute Gasteiger partial charge is 0.495 e. The number of carbonyl (C=O) groups is 1. The van der Waals surface area contributed by atoms with Gasteiger partial charge in [-0.05, 0) is 25.1 Å². The fourth-order valence-electron chi connectivity index (χ4n) is 2.59. The van der Waals surface area contributed by atoms with E-state index >= 15 is 0 Å². The highest BCUT2D eigenvalue weighted by Gasteiger charge is 2.32. The molecule has 1 saturated heterocycles. The number of hydrogen-bond donors (Lipinski definition) is 0. The number of hydrogen-bond acceptors (Lipinski definition) is 4. The molecule has 1 aromatic rings. The first kappa shape index (κ1) is 17.1. The number of methoxy groups -OCH3 is 1. The fourth-order valence-corrected chi connectivity index (χ4v) is 3.92. The van der Waals surface area contributed by atoms with Crippen molar-refractivity contribution in [1.82, 2.24) is 9.21 Å². The highest BCUT2D eigenvalue weighted by Crippen LogP contribution is 2.26. The van der Waals surface area contributed by atoms with E-state index in [4.69, 9.17) is 16.3 Å². The molecule has 1 aliphatic rings. The molecule has 0 spiro atoms. The van der Waals surface area contributed by atoms with Gasteiger partial charge in [-0.2, -0.15) is 4.31 Å². The molecule has 0 bridgehead atoms. The van der Waals surface area contributed by atoms with Gasteiger partial charge >= 0.3 is 0 Å². The Bertz CT molecular complexity index is 677. The van der Waals surface area contributed by atoms with Crippen LogP contribution in [0.25, 0.3) is 0 Å². The molecule has 0 radical (unpaired) electrons. The van der Waals surface area contributed by atoms with Gasteiger partial charge in [0.25, 0.3) is 5.91 Å². The molecule has 2 rings (SSSR count). The first-order chi connectivity index (χ1) is 10.2. The van der Waals surface area contributed by atoms with Gasteiger partial charge in [0.1, 0.15) is 5.75 Å². The van der Waals surface area contributed by atoms with Crippen molar-refractivity contribution in [3.8, 4) is 5.75 Å². The number of sulfonamides is 1. The van der Waals surface area contributed by atoms with Gasteiger partial charge in [-0.25, -0.2) is 8.42 Å². The molecule has 0 aromatic heterocycles. The van der Waals surface area contributed by atoms with Gasteiger partial charge in [0.05, 0.1) is 18.4 Å². The molecular weight excluding hydrogens is 328 g/mol. The summed E-state index contributed by atoms with van der Waals surface area (Å²) in [6.07, 6.45) is 1.19. The van der Waals surface area contributed by atoms with E-state index in [1.54, 1.807) is 30.0 Å². The molecule has 0 unspecified atom stereocenters. The molecular formula is C14H19ClN2O4S. The molecule has 122 valence electrons. The second-order valence-corrected chi connectivity index (χ2v) is 7.67. The second kappa shape index (κ2) is 6.44. The van der Waals surface area contributed by atoms with Gasteiger partial charge in [0.15, 0.2) is 0 Å². The summed E-state index contributed by atoms with van der Waals surface area (Å²) in [5, 5.41) is 0.439. The van der Waals surface area contributed by atoms with Gasteiger partial charge in [0.2, 0.25) is 10.0 Å². The quantitative estimate of drug-likeness (QED) is 0.831. The van der Waals surface area contributed by atoms with Crippen LogP contribution in [0, 0.1) is 0 Å². The van der Waals surface area contributed by atoms with E-state index in [0.29, 0.717) is 36.0 Å². The highest BCUT2D eigenvalue weighted by atomic mass is 35.5. The SMILES string of the molecule is COc1cc(C(=O)N2CCN(S(C)(=O)=O)[C@@H](C)C2)ccc1Cl. The van der Waals surface area contributed by atoms with Crippen LogP contribution in [0.1, 0.15) is 17.3 Å². The number of carbonyl (C=O) groups excluding carboxylic acids is 1. The molecule has 0 N–H and O–H groups in total. The number of amides is 1. The summed E-state index contributed by atoms with van der Waals surface area (Å²) in [7, 11) is -1.76. The molecule has 8 heteroatoms. The molecule has 1 aliphatic heterocycles. The smallest absolute Gasteiger partial charge is 0.254 e. The highest BCUT2D eigenvalue weighted by molar-refractivity contribution is 7.88. The Morgan fingerprint density at radius 3 is 2.59 bits per heavy atom.